The molecule has 3 aromatic rings. The van der Waals surface area contributed by atoms with Gasteiger partial charge in [0.2, 0.25) is 0 Å². The molecule has 0 aliphatic heterocycles. The molecule has 3 heterocycles. The van der Waals surface area contributed by atoms with E-state index in [0.717, 1.165) is 36.1 Å². The summed E-state index contributed by atoms with van der Waals surface area (Å²) in [6, 6.07) is 5.97. The van der Waals surface area contributed by atoms with E-state index in [1.807, 2.05) is 12.1 Å². The summed E-state index contributed by atoms with van der Waals surface area (Å²) in [7, 11) is 0. The van der Waals surface area contributed by atoms with Gasteiger partial charge in [-0.15, -0.1) is 0 Å². The number of aryl methyl sites for hydroxylation is 1. The number of nitrogens with one attached hydrogen (secondary N) is 2. The minimum atomic E-state index is -0.343. The van der Waals surface area contributed by atoms with Gasteiger partial charge in [0, 0.05) is 11.3 Å². The molecule has 0 atom stereocenters. The molecule has 0 fully saturated rings. The van der Waals surface area contributed by atoms with Gasteiger partial charge in [0.15, 0.2) is 0 Å². The zero-order valence-corrected chi connectivity index (χ0v) is 13.4. The molecule has 0 aromatic carbocycles. The van der Waals surface area contributed by atoms with Gasteiger partial charge in [-0.05, 0) is 37.0 Å². The van der Waals surface area contributed by atoms with Gasteiger partial charge in [-0.25, -0.2) is 14.9 Å². The molecule has 24 heavy (non-hydrogen) atoms. The number of hydrogen-bond donors (Lipinski definition) is 2. The molecule has 8 heteroatoms. The Bertz CT molecular complexity index is 981. The third kappa shape index (κ3) is 2.53. The predicted molar refractivity (Wildman–Crippen MR) is 87.4 cm³/mol. The number of aromatic amines is 2. The lowest BCUT2D eigenvalue weighted by molar-refractivity contribution is 0.581. The molecule has 120 valence electrons. The van der Waals surface area contributed by atoms with Gasteiger partial charge in [0.25, 0.3) is 0 Å². The minimum Gasteiger partial charge on any atom is -0.464 e. The van der Waals surface area contributed by atoms with Gasteiger partial charge in [0.05, 0.1) is 17.6 Å². The summed E-state index contributed by atoms with van der Waals surface area (Å²) in [5, 5.41) is 16.6. The van der Waals surface area contributed by atoms with E-state index in [0.29, 0.717) is 27.9 Å². The van der Waals surface area contributed by atoms with Crippen molar-refractivity contribution in [2.75, 3.05) is 0 Å². The predicted octanol–water partition coefficient (Wildman–Crippen LogP) is 2.41. The Morgan fingerprint density at radius 1 is 1.42 bits per heavy atom. The zero-order chi connectivity index (χ0) is 16.5. The van der Waals surface area contributed by atoms with Crippen molar-refractivity contribution in [2.24, 2.45) is 0 Å². The van der Waals surface area contributed by atoms with Crippen LogP contribution >= 0.6 is 11.8 Å². The molecule has 0 radical (unpaired) electrons. The van der Waals surface area contributed by atoms with Gasteiger partial charge in [0.1, 0.15) is 22.7 Å². The molecular formula is C16H13N5O2S. The van der Waals surface area contributed by atoms with E-state index in [1.54, 1.807) is 6.26 Å². The number of H-pyrrole nitrogens is 2. The largest absolute Gasteiger partial charge is 0.464 e. The molecule has 7 nitrogen and oxygen atoms in total. The minimum absolute atomic E-state index is 0.343. The zero-order valence-electron chi connectivity index (χ0n) is 12.6. The lowest BCUT2D eigenvalue weighted by atomic mass is 10.0. The second-order valence-electron chi connectivity index (χ2n) is 5.45. The number of pyridine rings is 1. The lowest BCUT2D eigenvalue weighted by Gasteiger charge is -2.12. The van der Waals surface area contributed by atoms with Gasteiger partial charge >= 0.3 is 5.69 Å². The number of thioether (sulfide) groups is 1. The third-order valence-corrected chi connectivity index (χ3v) is 4.95. The Kier molecular flexibility index (Phi) is 3.70. The fourth-order valence-corrected chi connectivity index (χ4v) is 3.84. The maximum atomic E-state index is 11.1. The number of aromatic nitrogens is 4. The van der Waals surface area contributed by atoms with Gasteiger partial charge < -0.3 is 4.42 Å². The fourth-order valence-electron chi connectivity index (χ4n) is 2.97. The van der Waals surface area contributed by atoms with Crippen molar-refractivity contribution in [1.29, 1.82) is 5.26 Å². The normalized spacial score (nSPS) is 13.0. The van der Waals surface area contributed by atoms with E-state index in [9.17, 15) is 10.1 Å². The molecule has 4 rings (SSSR count). The van der Waals surface area contributed by atoms with Crippen molar-refractivity contribution < 1.29 is 4.42 Å². The molecular weight excluding hydrogens is 326 g/mol. The van der Waals surface area contributed by atoms with Crippen molar-refractivity contribution in [3.8, 4) is 17.4 Å². The fraction of sp³-hybridized carbons (Fsp3) is 0.250. The number of nitrogens with zero attached hydrogens (tertiary/aromatic N) is 3. The van der Waals surface area contributed by atoms with Crippen molar-refractivity contribution in [2.45, 2.75) is 30.0 Å². The quantitative estimate of drug-likeness (QED) is 0.706. The summed E-state index contributed by atoms with van der Waals surface area (Å²) in [6.07, 6.45) is 4.45. The van der Waals surface area contributed by atoms with E-state index in [4.69, 9.17) is 4.42 Å². The Hall–Kier alpha value is -2.79. The van der Waals surface area contributed by atoms with Crippen LogP contribution in [0.3, 0.4) is 0 Å². The lowest BCUT2D eigenvalue weighted by Crippen LogP contribution is -2.02. The van der Waals surface area contributed by atoms with Crippen LogP contribution in [0.1, 0.15) is 29.1 Å². The number of rotatable bonds is 4. The van der Waals surface area contributed by atoms with Gasteiger partial charge in [-0.2, -0.15) is 10.4 Å². The topological polar surface area (TPSA) is 111 Å². The first-order valence-electron chi connectivity index (χ1n) is 7.52. The number of fused-ring (bicyclic) bond motifs is 1. The Morgan fingerprint density at radius 3 is 3.04 bits per heavy atom. The highest BCUT2D eigenvalue weighted by Crippen LogP contribution is 2.39. The van der Waals surface area contributed by atoms with Crippen molar-refractivity contribution in [1.82, 2.24) is 20.2 Å². The molecule has 0 unspecified atom stereocenters. The van der Waals surface area contributed by atoms with Crippen LogP contribution in [0.5, 0.6) is 0 Å². The van der Waals surface area contributed by atoms with Crippen molar-refractivity contribution in [3.63, 3.8) is 0 Å². The second-order valence-corrected chi connectivity index (χ2v) is 6.41. The van der Waals surface area contributed by atoms with Crippen molar-refractivity contribution >= 4 is 11.8 Å². The van der Waals surface area contributed by atoms with E-state index >= 15 is 0 Å². The van der Waals surface area contributed by atoms with Crippen LogP contribution in [0.25, 0.3) is 11.3 Å². The SMILES string of the molecule is N#Cc1c(SCc2n[nH]c(=O)[nH]2)nc2c(c1-c1ccco1)CCC2. The molecule has 1 aliphatic rings. The summed E-state index contributed by atoms with van der Waals surface area (Å²) in [5.41, 5.74) is 3.17. The van der Waals surface area contributed by atoms with Crippen LogP contribution in [0, 0.1) is 11.3 Å². The summed E-state index contributed by atoms with van der Waals surface area (Å²) in [5.74, 6) is 1.65. The summed E-state index contributed by atoms with van der Waals surface area (Å²) in [6.45, 7) is 0. The van der Waals surface area contributed by atoms with Crippen LogP contribution in [0.15, 0.2) is 32.6 Å². The third-order valence-electron chi connectivity index (χ3n) is 3.97. The average Bonchev–Trinajstić information content (AvgIpc) is 3.32. The van der Waals surface area contributed by atoms with Crippen LogP contribution in [0.4, 0.5) is 0 Å². The van der Waals surface area contributed by atoms with Crippen LogP contribution in [-0.4, -0.2) is 20.2 Å². The number of hydrogen-bond acceptors (Lipinski definition) is 6. The molecule has 2 N–H and O–H groups in total. The van der Waals surface area contributed by atoms with E-state index in [-0.39, 0.29) is 5.69 Å². The van der Waals surface area contributed by atoms with Gasteiger partial charge in [-0.3, -0.25) is 4.98 Å². The molecule has 3 aromatic heterocycles. The molecule has 0 bridgehead atoms. The van der Waals surface area contributed by atoms with Gasteiger partial charge in [-0.1, -0.05) is 11.8 Å². The number of nitriles is 1. The maximum absolute atomic E-state index is 11.1. The van der Waals surface area contributed by atoms with E-state index in [1.165, 1.54) is 11.8 Å². The van der Waals surface area contributed by atoms with E-state index in [2.05, 4.69) is 26.2 Å². The molecule has 1 aliphatic carbocycles. The van der Waals surface area contributed by atoms with Crippen LogP contribution in [0.2, 0.25) is 0 Å². The maximum Gasteiger partial charge on any atom is 0.340 e. The van der Waals surface area contributed by atoms with Crippen molar-refractivity contribution in [3.05, 3.63) is 51.5 Å². The highest BCUT2D eigenvalue weighted by Gasteiger charge is 2.25. The Balaban J connectivity index is 1.78. The smallest absolute Gasteiger partial charge is 0.340 e. The monoisotopic (exact) mass is 339 g/mol. The standard InChI is InChI=1S/C16H13N5O2S/c17-7-10-14(12-5-2-6-23-12)9-3-1-4-11(9)18-15(10)24-8-13-19-16(22)21-20-13/h2,5-6H,1,3-4,8H2,(H2,19,20,21,22). The first-order valence-corrected chi connectivity index (χ1v) is 8.51. The number of furan rings is 1. The van der Waals surface area contributed by atoms with E-state index < -0.39 is 0 Å². The molecule has 0 saturated heterocycles. The first-order chi connectivity index (χ1) is 11.8. The molecule has 0 amide bonds. The highest BCUT2D eigenvalue weighted by molar-refractivity contribution is 7.98. The average molecular weight is 339 g/mol. The van der Waals surface area contributed by atoms with Crippen LogP contribution in [-0.2, 0) is 18.6 Å². The second kappa shape index (κ2) is 6.02. The summed E-state index contributed by atoms with van der Waals surface area (Å²) in [4.78, 5) is 18.4. The molecule has 0 spiro atoms. The summed E-state index contributed by atoms with van der Waals surface area (Å²) < 4.78 is 5.56. The first kappa shape index (κ1) is 14.8. The Labute approximate surface area is 141 Å². The summed E-state index contributed by atoms with van der Waals surface area (Å²) >= 11 is 1.39. The van der Waals surface area contributed by atoms with Crippen LogP contribution < -0.4 is 5.69 Å². The highest BCUT2D eigenvalue weighted by atomic mass is 32.2. The molecule has 0 saturated carbocycles. The Morgan fingerprint density at radius 2 is 2.33 bits per heavy atom.